The van der Waals surface area contributed by atoms with Gasteiger partial charge in [0.15, 0.2) is 0 Å². The van der Waals surface area contributed by atoms with Crippen molar-refractivity contribution in [1.29, 1.82) is 0 Å². The highest BCUT2D eigenvalue weighted by Gasteiger charge is 2.20. The van der Waals surface area contributed by atoms with E-state index in [-0.39, 0.29) is 12.1 Å². The Bertz CT molecular complexity index is 864. The number of para-hydroxylation sites is 1. The molecular weight excluding hydrogens is 400 g/mol. The molecule has 2 aromatic carbocycles. The van der Waals surface area contributed by atoms with Crippen molar-refractivity contribution in [1.82, 2.24) is 15.1 Å². The van der Waals surface area contributed by atoms with E-state index < -0.39 is 0 Å². The van der Waals surface area contributed by atoms with Gasteiger partial charge in [-0.1, -0.05) is 49.6 Å². The summed E-state index contributed by atoms with van der Waals surface area (Å²) in [4.78, 5) is 17.3. The third-order valence-corrected chi connectivity index (χ3v) is 6.44. The van der Waals surface area contributed by atoms with Gasteiger partial charge in [0.1, 0.15) is 5.75 Å². The minimum absolute atomic E-state index is 0.0449. The highest BCUT2D eigenvalue weighted by Crippen LogP contribution is 2.25. The first-order chi connectivity index (χ1) is 15.5. The number of anilines is 1. The molecule has 32 heavy (non-hydrogen) atoms. The first kappa shape index (κ1) is 24.1. The highest BCUT2D eigenvalue weighted by molar-refractivity contribution is 5.90. The van der Waals surface area contributed by atoms with Gasteiger partial charge in [-0.2, -0.15) is 0 Å². The Morgan fingerprint density at radius 1 is 1.06 bits per heavy atom. The van der Waals surface area contributed by atoms with Crippen LogP contribution in [0.1, 0.15) is 49.3 Å². The van der Waals surface area contributed by atoms with Crippen LogP contribution in [0.3, 0.4) is 0 Å². The summed E-state index contributed by atoms with van der Waals surface area (Å²) in [6.45, 7) is 1.33. The van der Waals surface area contributed by atoms with Gasteiger partial charge < -0.3 is 20.3 Å². The number of benzene rings is 2. The summed E-state index contributed by atoms with van der Waals surface area (Å²) >= 11 is 0. The first-order valence-electron chi connectivity index (χ1n) is 11.6. The van der Waals surface area contributed by atoms with Crippen LogP contribution >= 0.6 is 0 Å². The molecule has 1 atom stereocenters. The zero-order chi connectivity index (χ0) is 22.9. The average Bonchev–Trinajstić information content (AvgIpc) is 2.81. The second-order valence-electron chi connectivity index (χ2n) is 8.96. The van der Waals surface area contributed by atoms with Gasteiger partial charge in [-0.3, -0.25) is 4.90 Å². The van der Waals surface area contributed by atoms with Crippen molar-refractivity contribution in [2.45, 2.75) is 50.7 Å². The lowest BCUT2D eigenvalue weighted by atomic mass is 9.94. The number of urea groups is 1. The number of carbonyl (C=O) groups is 1. The van der Waals surface area contributed by atoms with Crippen LogP contribution in [0.15, 0.2) is 48.5 Å². The predicted octanol–water partition coefficient (Wildman–Crippen LogP) is 4.88. The molecule has 1 aliphatic rings. The number of ether oxygens (including phenoxy) is 1. The molecule has 1 saturated carbocycles. The molecule has 2 aromatic rings. The number of hydrogen-bond acceptors (Lipinski definition) is 4. The topological polar surface area (TPSA) is 56.8 Å². The first-order valence-corrected chi connectivity index (χ1v) is 11.6. The summed E-state index contributed by atoms with van der Waals surface area (Å²) in [6.07, 6.45) is 6.52. The summed E-state index contributed by atoms with van der Waals surface area (Å²) in [6, 6.07) is 16.6. The second-order valence-corrected chi connectivity index (χ2v) is 8.96. The van der Waals surface area contributed by atoms with Crippen molar-refractivity contribution < 1.29 is 9.53 Å². The maximum absolute atomic E-state index is 12.8. The van der Waals surface area contributed by atoms with Crippen LogP contribution in [0.5, 0.6) is 5.75 Å². The van der Waals surface area contributed by atoms with Gasteiger partial charge in [0.05, 0.1) is 13.2 Å². The van der Waals surface area contributed by atoms with E-state index >= 15 is 0 Å². The van der Waals surface area contributed by atoms with E-state index in [1.807, 2.05) is 50.5 Å². The van der Waals surface area contributed by atoms with E-state index in [2.05, 4.69) is 39.6 Å². The van der Waals surface area contributed by atoms with E-state index in [1.54, 1.807) is 7.11 Å². The molecule has 174 valence electrons. The van der Waals surface area contributed by atoms with E-state index in [0.29, 0.717) is 12.6 Å². The standard InChI is InChI=1S/C26H38N4O2/c1-29(2)25(20-12-10-15-23(17-20)32-4)18-27-26(31)28-24-16-9-8-11-21(24)19-30(3)22-13-6-5-7-14-22/h8-12,15-17,22,25H,5-7,13-14,18-19H2,1-4H3,(H2,27,28,31). The number of nitrogens with zero attached hydrogens (tertiary/aromatic N) is 2. The molecule has 2 amide bonds. The molecule has 6 nitrogen and oxygen atoms in total. The normalized spacial score (nSPS) is 15.6. The molecule has 3 rings (SSSR count). The van der Waals surface area contributed by atoms with Gasteiger partial charge in [-0.05, 0) is 63.3 Å². The number of methoxy groups -OCH3 is 1. The summed E-state index contributed by atoms with van der Waals surface area (Å²) in [5, 5.41) is 6.11. The minimum atomic E-state index is -0.187. The molecule has 0 saturated heterocycles. The van der Waals surface area contributed by atoms with Crippen molar-refractivity contribution in [3.8, 4) is 5.75 Å². The van der Waals surface area contributed by atoms with Crippen LogP contribution in [0.25, 0.3) is 0 Å². The fraction of sp³-hybridized carbons (Fsp3) is 0.500. The minimum Gasteiger partial charge on any atom is -0.497 e. The van der Waals surface area contributed by atoms with Crippen LogP contribution in [0.4, 0.5) is 10.5 Å². The van der Waals surface area contributed by atoms with E-state index in [0.717, 1.165) is 29.1 Å². The Morgan fingerprint density at radius 2 is 1.81 bits per heavy atom. The summed E-state index contributed by atoms with van der Waals surface area (Å²) in [7, 11) is 7.89. The van der Waals surface area contributed by atoms with Crippen molar-refractivity contribution in [3.63, 3.8) is 0 Å². The van der Waals surface area contributed by atoms with Gasteiger partial charge in [0.25, 0.3) is 0 Å². The Labute approximate surface area is 192 Å². The summed E-state index contributed by atoms with van der Waals surface area (Å²) in [5.41, 5.74) is 3.12. The van der Waals surface area contributed by atoms with Gasteiger partial charge in [0.2, 0.25) is 0 Å². The molecule has 1 unspecified atom stereocenters. The number of likely N-dealkylation sites (N-methyl/N-ethyl adjacent to an activating group) is 1. The third kappa shape index (κ3) is 6.71. The van der Waals surface area contributed by atoms with Gasteiger partial charge >= 0.3 is 6.03 Å². The summed E-state index contributed by atoms with van der Waals surface area (Å²) < 4.78 is 5.36. The number of amides is 2. The van der Waals surface area contributed by atoms with E-state index in [4.69, 9.17) is 4.74 Å². The second kappa shape index (κ2) is 11.9. The molecule has 0 bridgehead atoms. The smallest absolute Gasteiger partial charge is 0.319 e. The number of rotatable bonds is 9. The highest BCUT2D eigenvalue weighted by atomic mass is 16.5. The molecule has 0 aliphatic heterocycles. The van der Waals surface area contributed by atoms with E-state index in [9.17, 15) is 4.79 Å². The van der Waals surface area contributed by atoms with Crippen LogP contribution < -0.4 is 15.4 Å². The summed E-state index contributed by atoms with van der Waals surface area (Å²) in [5.74, 6) is 0.815. The Hall–Kier alpha value is -2.57. The SMILES string of the molecule is COc1cccc(C(CNC(=O)Nc2ccccc2CN(C)C2CCCCC2)N(C)C)c1. The lowest BCUT2D eigenvalue weighted by Crippen LogP contribution is -2.37. The largest absolute Gasteiger partial charge is 0.497 e. The molecule has 6 heteroatoms. The van der Waals surface area contributed by atoms with Crippen LogP contribution in [0.2, 0.25) is 0 Å². The van der Waals surface area contributed by atoms with E-state index in [1.165, 1.54) is 32.1 Å². The van der Waals surface area contributed by atoms with Gasteiger partial charge in [-0.25, -0.2) is 4.79 Å². The molecule has 0 spiro atoms. The quantitative estimate of drug-likeness (QED) is 0.586. The molecule has 0 aromatic heterocycles. The number of carbonyl (C=O) groups excluding carboxylic acids is 1. The van der Waals surface area contributed by atoms with Crippen molar-refractivity contribution >= 4 is 11.7 Å². The monoisotopic (exact) mass is 438 g/mol. The van der Waals surface area contributed by atoms with Crippen molar-refractivity contribution in [3.05, 3.63) is 59.7 Å². The lowest BCUT2D eigenvalue weighted by Gasteiger charge is -2.31. The zero-order valence-electron chi connectivity index (χ0n) is 19.9. The lowest BCUT2D eigenvalue weighted by molar-refractivity contribution is 0.185. The molecule has 2 N–H and O–H groups in total. The van der Waals surface area contributed by atoms with Gasteiger partial charge in [-0.15, -0.1) is 0 Å². The Balaban J connectivity index is 1.60. The molecular formula is C26H38N4O2. The average molecular weight is 439 g/mol. The Morgan fingerprint density at radius 3 is 2.53 bits per heavy atom. The predicted molar refractivity (Wildman–Crippen MR) is 131 cm³/mol. The number of hydrogen-bond donors (Lipinski definition) is 2. The van der Waals surface area contributed by atoms with Gasteiger partial charge in [0, 0.05) is 24.8 Å². The number of nitrogens with one attached hydrogen (secondary N) is 2. The molecule has 0 heterocycles. The molecule has 1 aliphatic carbocycles. The Kier molecular flexibility index (Phi) is 8.94. The molecule has 0 radical (unpaired) electrons. The third-order valence-electron chi connectivity index (χ3n) is 6.44. The van der Waals surface area contributed by atoms with Crippen molar-refractivity contribution in [2.75, 3.05) is 40.1 Å². The van der Waals surface area contributed by atoms with Crippen LogP contribution in [-0.2, 0) is 6.54 Å². The van der Waals surface area contributed by atoms with Crippen LogP contribution in [0, 0.1) is 0 Å². The maximum Gasteiger partial charge on any atom is 0.319 e. The fourth-order valence-corrected chi connectivity index (χ4v) is 4.50. The maximum atomic E-state index is 12.8. The van der Waals surface area contributed by atoms with Crippen LogP contribution in [-0.4, -0.2) is 56.7 Å². The zero-order valence-corrected chi connectivity index (χ0v) is 19.9. The fourth-order valence-electron chi connectivity index (χ4n) is 4.50. The molecule has 1 fully saturated rings. The van der Waals surface area contributed by atoms with Crippen molar-refractivity contribution in [2.24, 2.45) is 0 Å².